The van der Waals surface area contributed by atoms with Crippen LogP contribution < -0.4 is 15.4 Å². The summed E-state index contributed by atoms with van der Waals surface area (Å²) in [5.41, 5.74) is -2.88. The number of nitrogens with one attached hydrogen (secondary N) is 2. The number of imide groups is 1. The molecule has 0 spiro atoms. The van der Waals surface area contributed by atoms with E-state index in [0.29, 0.717) is 11.1 Å². The van der Waals surface area contributed by atoms with Crippen LogP contribution >= 0.6 is 46.4 Å². The molecule has 4 rings (SSSR count). The Morgan fingerprint density at radius 1 is 0.810 bits per heavy atom. The fourth-order valence-corrected chi connectivity index (χ4v) is 8.02. The predicted molar refractivity (Wildman–Crippen MR) is 216 cm³/mol. The molecule has 1 unspecified atom stereocenters. The zero-order valence-corrected chi connectivity index (χ0v) is 37.6. The third-order valence-corrected chi connectivity index (χ3v) is 11.1. The Morgan fingerprint density at radius 3 is 1.81 bits per heavy atom. The van der Waals surface area contributed by atoms with Gasteiger partial charge >= 0.3 is 35.8 Å². The molecule has 2 aromatic carbocycles. The average Bonchev–Trinajstić information content (AvgIpc) is 3.42. The molecule has 2 aliphatic rings. The van der Waals surface area contributed by atoms with Crippen LogP contribution in [0.4, 0.5) is 0 Å². The van der Waals surface area contributed by atoms with Gasteiger partial charge in [-0.15, -0.1) is 0 Å². The van der Waals surface area contributed by atoms with Crippen LogP contribution in [0.15, 0.2) is 12.1 Å². The van der Waals surface area contributed by atoms with Crippen LogP contribution in [0.1, 0.15) is 89.7 Å². The van der Waals surface area contributed by atoms with Crippen molar-refractivity contribution in [3.63, 3.8) is 0 Å². The van der Waals surface area contributed by atoms with Gasteiger partial charge in [0.2, 0.25) is 5.91 Å². The van der Waals surface area contributed by atoms with Gasteiger partial charge in [0.1, 0.15) is 18.0 Å². The molecule has 4 amide bonds. The van der Waals surface area contributed by atoms with Crippen molar-refractivity contribution in [1.82, 2.24) is 15.7 Å². The quantitative estimate of drug-likeness (QED) is 0.0683. The lowest BCUT2D eigenvalue weighted by Crippen LogP contribution is -2.69. The lowest BCUT2D eigenvalue weighted by Gasteiger charge is -2.48. The van der Waals surface area contributed by atoms with Gasteiger partial charge in [-0.3, -0.25) is 38.4 Å². The summed E-state index contributed by atoms with van der Waals surface area (Å²) in [6.45, 7) is 7.68. The standard InChI is InChI=1S/C39H39Cl4N3O17/c1-14-9-21(10-15(2)32(14)60-19(6)50)35(53)44-13-23(59-18(5)49)33(61-20(7)51)34-31(45-16(3)47)22(58-17(4)48)11-39(62-34,38(56)57-8)12-24(52)63-46-36(54)25-26(37(46)55)28(41)30(43)29(42)27(25)40/h9-10,22-23,31,33-34H,11-13H2,1-8H3,(H,44,53)(H,45,47)/t22?,23-,31-,33-,34-,39+/m1/s1. The zero-order chi connectivity index (χ0) is 47.4. The summed E-state index contributed by atoms with van der Waals surface area (Å²) in [7, 11) is 0.888. The molecule has 0 aliphatic carbocycles. The van der Waals surface area contributed by atoms with Crippen molar-refractivity contribution in [2.45, 2.75) is 97.4 Å². The van der Waals surface area contributed by atoms with Crippen LogP contribution in [-0.2, 0) is 62.1 Å². The molecule has 0 aromatic heterocycles. The van der Waals surface area contributed by atoms with Crippen molar-refractivity contribution >= 4 is 106 Å². The van der Waals surface area contributed by atoms with Gasteiger partial charge in [-0.25, -0.2) is 9.59 Å². The van der Waals surface area contributed by atoms with Crippen LogP contribution in [0.5, 0.6) is 5.75 Å². The molecular formula is C39H39Cl4N3O17. The Morgan fingerprint density at radius 2 is 1.35 bits per heavy atom. The summed E-state index contributed by atoms with van der Waals surface area (Å²) in [4.78, 5) is 135. The Labute approximate surface area is 378 Å². The maximum atomic E-state index is 13.9. The molecule has 20 nitrogen and oxygen atoms in total. The van der Waals surface area contributed by atoms with E-state index in [4.69, 9.17) is 79.7 Å². The summed E-state index contributed by atoms with van der Waals surface area (Å²) in [6, 6.07) is 1.24. The largest absolute Gasteiger partial charge is 0.467 e. The lowest BCUT2D eigenvalue weighted by atomic mass is 9.81. The second kappa shape index (κ2) is 20.3. The van der Waals surface area contributed by atoms with Crippen LogP contribution in [0.3, 0.4) is 0 Å². The molecule has 2 aliphatic heterocycles. The summed E-state index contributed by atoms with van der Waals surface area (Å²) in [6.07, 6.45) is -9.29. The minimum atomic E-state index is -2.65. The number of nitrogens with zero attached hydrogens (tertiary/aromatic N) is 1. The molecule has 2 aromatic rings. The highest BCUT2D eigenvalue weighted by Crippen LogP contribution is 2.45. The third kappa shape index (κ3) is 11.2. The van der Waals surface area contributed by atoms with Gasteiger partial charge < -0.3 is 43.9 Å². The van der Waals surface area contributed by atoms with Crippen molar-refractivity contribution in [3.05, 3.63) is 60.0 Å². The number of hydroxylamine groups is 2. The Hall–Kier alpha value is -5.54. The molecule has 24 heteroatoms. The number of esters is 5. The molecule has 63 heavy (non-hydrogen) atoms. The van der Waals surface area contributed by atoms with Crippen LogP contribution in [0.2, 0.25) is 20.1 Å². The summed E-state index contributed by atoms with van der Waals surface area (Å²) in [5.74, 6) is -10.4. The van der Waals surface area contributed by atoms with E-state index in [1.165, 1.54) is 19.1 Å². The second-order valence-corrected chi connectivity index (χ2v) is 15.7. The third-order valence-electron chi connectivity index (χ3n) is 9.32. The van der Waals surface area contributed by atoms with Gasteiger partial charge in [0.25, 0.3) is 17.7 Å². The van der Waals surface area contributed by atoms with E-state index in [2.05, 4.69) is 10.6 Å². The van der Waals surface area contributed by atoms with Gasteiger partial charge in [0, 0.05) is 46.6 Å². The van der Waals surface area contributed by atoms with E-state index in [1.54, 1.807) is 13.8 Å². The first kappa shape index (κ1) is 50.1. The van der Waals surface area contributed by atoms with E-state index in [0.717, 1.165) is 34.8 Å². The Balaban J connectivity index is 1.79. The van der Waals surface area contributed by atoms with Crippen LogP contribution in [-0.4, -0.2) is 114 Å². The lowest BCUT2D eigenvalue weighted by molar-refractivity contribution is -0.243. The fourth-order valence-electron chi connectivity index (χ4n) is 7.00. The minimum Gasteiger partial charge on any atom is -0.467 e. The molecule has 340 valence electrons. The van der Waals surface area contributed by atoms with E-state index in [1.807, 2.05) is 0 Å². The molecule has 2 heterocycles. The number of aryl methyl sites for hydroxylation is 2. The van der Waals surface area contributed by atoms with E-state index >= 15 is 0 Å². The summed E-state index contributed by atoms with van der Waals surface area (Å²) >= 11 is 24.5. The number of methoxy groups -OCH3 is 1. The highest BCUT2D eigenvalue weighted by atomic mass is 35.5. The number of ether oxygens (including phenoxy) is 6. The average molecular weight is 964 g/mol. The van der Waals surface area contributed by atoms with Crippen molar-refractivity contribution in [2.24, 2.45) is 0 Å². The number of benzene rings is 2. The molecule has 0 saturated carbocycles. The molecule has 1 fully saturated rings. The number of fused-ring (bicyclic) bond motifs is 1. The van der Waals surface area contributed by atoms with Crippen molar-refractivity contribution in [1.29, 1.82) is 0 Å². The molecular weight excluding hydrogens is 924 g/mol. The zero-order valence-electron chi connectivity index (χ0n) is 34.6. The Kier molecular flexibility index (Phi) is 16.2. The normalized spacial score (nSPS) is 20.1. The van der Waals surface area contributed by atoms with Gasteiger partial charge in [0.15, 0.2) is 17.8 Å². The highest BCUT2D eigenvalue weighted by molar-refractivity contribution is 6.55. The molecule has 0 radical (unpaired) electrons. The van der Waals surface area contributed by atoms with Crippen LogP contribution in [0.25, 0.3) is 0 Å². The van der Waals surface area contributed by atoms with Crippen molar-refractivity contribution in [3.8, 4) is 5.75 Å². The highest BCUT2D eigenvalue weighted by Gasteiger charge is 2.59. The Bertz CT molecular complexity index is 2230. The molecule has 0 bridgehead atoms. The van der Waals surface area contributed by atoms with Crippen molar-refractivity contribution in [2.75, 3.05) is 13.7 Å². The predicted octanol–water partition coefficient (Wildman–Crippen LogP) is 3.72. The SMILES string of the molecule is COC(=O)[C@@]1(CC(=O)ON2C(=O)c3c(Cl)c(Cl)c(Cl)c(Cl)c3C2=O)CC(OC(C)=O)[C@@H](NC(C)=O)[C@H]([C@H](OC(C)=O)[C@@H](CNC(=O)c2cc(C)c(OC(C)=O)c(C)c2)OC(C)=O)O1. The monoisotopic (exact) mass is 961 g/mol. The van der Waals surface area contributed by atoms with Gasteiger partial charge in [-0.1, -0.05) is 51.5 Å². The smallest absolute Gasteiger partial charge is 0.338 e. The maximum absolute atomic E-state index is 13.9. The summed E-state index contributed by atoms with van der Waals surface area (Å²) in [5, 5.41) is 3.28. The topological polar surface area (TPSA) is 263 Å². The van der Waals surface area contributed by atoms with Gasteiger partial charge in [0.05, 0.1) is 57.3 Å². The molecule has 1 saturated heterocycles. The molecule has 2 N–H and O–H groups in total. The first-order valence-corrected chi connectivity index (χ1v) is 19.9. The number of carbonyl (C=O) groups is 10. The molecule has 6 atom stereocenters. The first-order chi connectivity index (χ1) is 29.3. The van der Waals surface area contributed by atoms with E-state index in [-0.39, 0.29) is 26.4 Å². The van der Waals surface area contributed by atoms with Gasteiger partial charge in [-0.05, 0) is 37.1 Å². The summed E-state index contributed by atoms with van der Waals surface area (Å²) < 4.78 is 33.2. The minimum absolute atomic E-state index is 0.0275. The maximum Gasteiger partial charge on any atom is 0.338 e. The number of halogens is 4. The van der Waals surface area contributed by atoms with E-state index < -0.39 is 136 Å². The fraction of sp³-hybridized carbons (Fsp3) is 0.436. The van der Waals surface area contributed by atoms with Crippen molar-refractivity contribution < 1.29 is 81.2 Å². The number of carbonyl (C=O) groups excluding carboxylic acids is 10. The van der Waals surface area contributed by atoms with Crippen LogP contribution in [0, 0.1) is 13.8 Å². The number of hydrogen-bond acceptors (Lipinski definition) is 17. The van der Waals surface area contributed by atoms with Gasteiger partial charge in [-0.2, -0.15) is 0 Å². The first-order valence-electron chi connectivity index (χ1n) is 18.4. The number of rotatable bonds is 14. The second-order valence-electron chi connectivity index (χ2n) is 14.2. The number of amides is 4. The number of hydrogen-bond donors (Lipinski definition) is 2. The van der Waals surface area contributed by atoms with E-state index in [9.17, 15) is 47.9 Å².